The molecule has 1 N–H and O–H groups in total. The lowest BCUT2D eigenvalue weighted by Gasteiger charge is -2.11. The summed E-state index contributed by atoms with van der Waals surface area (Å²) in [6.45, 7) is 3.83. The average molecular weight is 254 g/mol. The van der Waals surface area contributed by atoms with Crippen molar-refractivity contribution < 1.29 is 5.11 Å². The first kappa shape index (κ1) is 11.6. The Kier molecular flexibility index (Phi) is 3.28. The molecule has 2 nitrogen and oxygen atoms in total. The van der Waals surface area contributed by atoms with E-state index >= 15 is 0 Å². The van der Waals surface area contributed by atoms with E-state index < -0.39 is 6.10 Å². The Hall–Kier alpha value is -0.900. The largest absolute Gasteiger partial charge is 0.383 e. The summed E-state index contributed by atoms with van der Waals surface area (Å²) in [6.07, 6.45) is -0.681. The van der Waals surface area contributed by atoms with E-state index in [1.807, 2.05) is 32.0 Å². The molecule has 1 atom stereocenters. The van der Waals surface area contributed by atoms with Crippen molar-refractivity contribution in [2.45, 2.75) is 20.0 Å². The number of aliphatic hydroxyl groups excluding tert-OH is 1. The molecule has 0 saturated carbocycles. The summed E-state index contributed by atoms with van der Waals surface area (Å²) in [7, 11) is 0. The number of aryl methyl sites for hydroxylation is 2. The smallest absolute Gasteiger partial charge is 0.116 e. The lowest BCUT2D eigenvalue weighted by atomic mass is 10.1. The van der Waals surface area contributed by atoms with E-state index in [1.54, 1.807) is 6.07 Å². The maximum atomic E-state index is 10.3. The molecule has 0 aliphatic carbocycles. The van der Waals surface area contributed by atoms with Gasteiger partial charge in [-0.3, -0.25) is 0 Å². The molecule has 0 amide bonds. The summed E-state index contributed by atoms with van der Waals surface area (Å²) in [5.74, 6) is 0. The molecular weight excluding hydrogens is 242 g/mol. The molecule has 2 aromatic rings. The lowest BCUT2D eigenvalue weighted by Crippen LogP contribution is -1.99. The predicted octanol–water partition coefficient (Wildman–Crippen LogP) is 3.50. The van der Waals surface area contributed by atoms with Gasteiger partial charge in [0.2, 0.25) is 0 Å². The average Bonchev–Trinajstić information content (AvgIpc) is 2.58. The zero-order valence-electron chi connectivity index (χ0n) is 9.07. The zero-order chi connectivity index (χ0) is 11.7. The van der Waals surface area contributed by atoms with Gasteiger partial charge >= 0.3 is 0 Å². The van der Waals surface area contributed by atoms with Crippen LogP contribution >= 0.6 is 22.9 Å². The normalized spacial score (nSPS) is 12.8. The molecule has 0 bridgehead atoms. The fourth-order valence-corrected chi connectivity index (χ4v) is 2.81. The van der Waals surface area contributed by atoms with Crippen molar-refractivity contribution in [3.63, 3.8) is 0 Å². The molecule has 0 spiro atoms. The summed E-state index contributed by atoms with van der Waals surface area (Å²) < 4.78 is 0. The summed E-state index contributed by atoms with van der Waals surface area (Å²) in [5, 5.41) is 11.8. The second kappa shape index (κ2) is 4.53. The highest BCUT2D eigenvalue weighted by Crippen LogP contribution is 2.33. The highest BCUT2D eigenvalue weighted by Gasteiger charge is 2.18. The maximum absolute atomic E-state index is 10.3. The van der Waals surface area contributed by atoms with Crippen LogP contribution in [0.15, 0.2) is 24.3 Å². The molecule has 0 aliphatic rings. The number of thiazole rings is 1. The van der Waals surface area contributed by atoms with E-state index in [0.29, 0.717) is 5.02 Å². The van der Waals surface area contributed by atoms with Crippen LogP contribution in [0.25, 0.3) is 0 Å². The van der Waals surface area contributed by atoms with Crippen molar-refractivity contribution in [2.75, 3.05) is 0 Å². The number of aliphatic hydroxyl groups is 1. The first-order valence-corrected chi connectivity index (χ1v) is 6.15. The predicted molar refractivity (Wildman–Crippen MR) is 67.1 cm³/mol. The molecule has 16 heavy (non-hydrogen) atoms. The van der Waals surface area contributed by atoms with Crippen molar-refractivity contribution in [2.24, 2.45) is 0 Å². The van der Waals surface area contributed by atoms with Crippen LogP contribution in [0.2, 0.25) is 5.02 Å². The van der Waals surface area contributed by atoms with Crippen LogP contribution in [0.3, 0.4) is 0 Å². The number of benzene rings is 1. The van der Waals surface area contributed by atoms with Crippen molar-refractivity contribution in [3.8, 4) is 0 Å². The highest BCUT2D eigenvalue weighted by atomic mass is 35.5. The van der Waals surface area contributed by atoms with Gasteiger partial charge in [0, 0.05) is 10.6 Å². The minimum absolute atomic E-state index is 0.584. The van der Waals surface area contributed by atoms with Gasteiger partial charge in [0.25, 0.3) is 0 Å². The summed E-state index contributed by atoms with van der Waals surface area (Å²) in [4.78, 5) is 5.17. The number of halogens is 1. The van der Waals surface area contributed by atoms with E-state index in [-0.39, 0.29) is 0 Å². The van der Waals surface area contributed by atoms with Crippen molar-refractivity contribution in [3.05, 3.63) is 50.4 Å². The van der Waals surface area contributed by atoms with E-state index in [4.69, 9.17) is 11.6 Å². The summed E-state index contributed by atoms with van der Waals surface area (Å²) in [5.41, 5.74) is 1.60. The molecule has 0 aliphatic heterocycles. The first-order chi connectivity index (χ1) is 7.59. The Morgan fingerprint density at radius 1 is 1.31 bits per heavy atom. The maximum Gasteiger partial charge on any atom is 0.116 e. The van der Waals surface area contributed by atoms with Gasteiger partial charge in [-0.2, -0.15) is 0 Å². The van der Waals surface area contributed by atoms with Gasteiger partial charge in [-0.25, -0.2) is 4.98 Å². The number of aromatic nitrogens is 1. The second-order valence-corrected chi connectivity index (χ2v) is 5.25. The summed E-state index contributed by atoms with van der Waals surface area (Å²) >= 11 is 7.56. The number of rotatable bonds is 2. The van der Waals surface area contributed by atoms with Gasteiger partial charge in [-0.15, -0.1) is 11.3 Å². The SMILES string of the molecule is Cc1nc(C)c([C@@H](O)c2ccccc2Cl)s1. The van der Waals surface area contributed by atoms with Crippen LogP contribution in [0.1, 0.15) is 27.2 Å². The summed E-state index contributed by atoms with van der Waals surface area (Å²) in [6, 6.07) is 7.34. The van der Waals surface area contributed by atoms with Crippen LogP contribution in [-0.4, -0.2) is 10.1 Å². The molecule has 0 unspecified atom stereocenters. The van der Waals surface area contributed by atoms with Crippen molar-refractivity contribution in [1.29, 1.82) is 0 Å². The quantitative estimate of drug-likeness (QED) is 0.889. The molecule has 1 aromatic carbocycles. The Bertz CT molecular complexity index is 509. The van der Waals surface area contributed by atoms with Gasteiger partial charge in [-0.05, 0) is 19.9 Å². The van der Waals surface area contributed by atoms with E-state index in [2.05, 4.69) is 4.98 Å². The van der Waals surface area contributed by atoms with Gasteiger partial charge < -0.3 is 5.11 Å². The first-order valence-electron chi connectivity index (χ1n) is 4.96. The number of hydrogen-bond acceptors (Lipinski definition) is 3. The molecule has 0 saturated heterocycles. The molecule has 0 radical (unpaired) electrons. The van der Waals surface area contributed by atoms with Crippen LogP contribution in [0.4, 0.5) is 0 Å². The Labute approximate surface area is 104 Å². The van der Waals surface area contributed by atoms with Crippen molar-refractivity contribution >= 4 is 22.9 Å². The molecule has 2 rings (SSSR count). The molecule has 4 heteroatoms. The third-order valence-electron chi connectivity index (χ3n) is 2.39. The van der Waals surface area contributed by atoms with Crippen molar-refractivity contribution in [1.82, 2.24) is 4.98 Å². The number of nitrogens with zero attached hydrogens (tertiary/aromatic N) is 1. The standard InChI is InChI=1S/C12H12ClNOS/c1-7-12(16-8(2)14-7)11(15)9-5-3-4-6-10(9)13/h3-6,11,15H,1-2H3/t11-/m0/s1. The van der Waals surface area contributed by atoms with Gasteiger partial charge in [0.1, 0.15) is 6.10 Å². The van der Waals surface area contributed by atoms with Crippen LogP contribution in [-0.2, 0) is 0 Å². The third-order valence-corrected chi connectivity index (χ3v) is 3.86. The minimum atomic E-state index is -0.681. The third kappa shape index (κ3) is 2.12. The molecule has 1 aromatic heterocycles. The van der Waals surface area contributed by atoms with E-state index in [1.165, 1.54) is 11.3 Å². The number of hydrogen-bond donors (Lipinski definition) is 1. The molecule has 1 heterocycles. The Morgan fingerprint density at radius 3 is 2.56 bits per heavy atom. The molecule has 84 valence electrons. The molecular formula is C12H12ClNOS. The highest BCUT2D eigenvalue weighted by molar-refractivity contribution is 7.11. The van der Waals surface area contributed by atoms with Crippen LogP contribution in [0, 0.1) is 13.8 Å². The monoisotopic (exact) mass is 253 g/mol. The van der Waals surface area contributed by atoms with Crippen LogP contribution < -0.4 is 0 Å². The Balaban J connectivity index is 2.43. The molecule has 0 fully saturated rings. The van der Waals surface area contributed by atoms with E-state index in [9.17, 15) is 5.11 Å². The second-order valence-electron chi connectivity index (χ2n) is 3.61. The fourth-order valence-electron chi connectivity index (χ4n) is 1.64. The zero-order valence-corrected chi connectivity index (χ0v) is 10.6. The topological polar surface area (TPSA) is 33.1 Å². The van der Waals surface area contributed by atoms with Gasteiger partial charge in [-0.1, -0.05) is 29.8 Å². The minimum Gasteiger partial charge on any atom is -0.383 e. The Morgan fingerprint density at radius 2 is 2.00 bits per heavy atom. The van der Waals surface area contributed by atoms with Gasteiger partial charge in [0.05, 0.1) is 15.6 Å². The fraction of sp³-hybridized carbons (Fsp3) is 0.250. The van der Waals surface area contributed by atoms with E-state index in [0.717, 1.165) is 21.1 Å². The van der Waals surface area contributed by atoms with Gasteiger partial charge in [0.15, 0.2) is 0 Å². The lowest BCUT2D eigenvalue weighted by molar-refractivity contribution is 0.223. The van der Waals surface area contributed by atoms with Crippen LogP contribution in [0.5, 0.6) is 0 Å².